The van der Waals surface area contributed by atoms with Crippen LogP contribution in [0.4, 0.5) is 4.79 Å². The minimum atomic E-state index is -0.283. The first-order valence-electron chi connectivity index (χ1n) is 6.81. The highest BCUT2D eigenvalue weighted by atomic mass is 16.5. The van der Waals surface area contributed by atoms with E-state index in [1.54, 1.807) is 7.05 Å². The van der Waals surface area contributed by atoms with E-state index in [2.05, 4.69) is 12.2 Å². The maximum Gasteiger partial charge on any atom is 0.326 e. The van der Waals surface area contributed by atoms with Crippen LogP contribution in [0.5, 0.6) is 0 Å². The number of likely N-dealkylation sites (N-methyl/N-ethyl adjacent to an activating group) is 1. The van der Waals surface area contributed by atoms with E-state index < -0.39 is 0 Å². The summed E-state index contributed by atoms with van der Waals surface area (Å²) in [4.78, 5) is 37.4. The summed E-state index contributed by atoms with van der Waals surface area (Å²) >= 11 is 0. The SMILES string of the molecule is CN1CC(=O)N(CCCC(=O)NCC2(C)COC2)C1=O. The number of amides is 4. The van der Waals surface area contributed by atoms with E-state index in [9.17, 15) is 14.4 Å². The molecule has 0 atom stereocenters. The van der Waals surface area contributed by atoms with Crippen molar-refractivity contribution in [3.05, 3.63) is 0 Å². The summed E-state index contributed by atoms with van der Waals surface area (Å²) in [5.74, 6) is -0.248. The van der Waals surface area contributed by atoms with Crippen molar-refractivity contribution in [2.45, 2.75) is 19.8 Å². The van der Waals surface area contributed by atoms with Crippen LogP contribution in [0.2, 0.25) is 0 Å². The molecule has 0 aromatic heterocycles. The first-order chi connectivity index (χ1) is 9.41. The first kappa shape index (κ1) is 14.8. The van der Waals surface area contributed by atoms with Crippen LogP contribution in [-0.2, 0) is 14.3 Å². The molecule has 0 aliphatic carbocycles. The third-order valence-electron chi connectivity index (χ3n) is 3.63. The molecule has 4 amide bonds. The Hall–Kier alpha value is -1.63. The van der Waals surface area contributed by atoms with Crippen LogP contribution >= 0.6 is 0 Å². The molecule has 7 nitrogen and oxygen atoms in total. The van der Waals surface area contributed by atoms with Crippen LogP contribution in [0.25, 0.3) is 0 Å². The molecule has 7 heteroatoms. The topological polar surface area (TPSA) is 79.0 Å². The summed E-state index contributed by atoms with van der Waals surface area (Å²) in [5.41, 5.74) is 0.0548. The molecular weight excluding hydrogens is 262 g/mol. The number of carbonyl (C=O) groups is 3. The third kappa shape index (κ3) is 3.27. The van der Waals surface area contributed by atoms with E-state index in [1.807, 2.05) is 0 Å². The Morgan fingerprint density at radius 1 is 1.40 bits per heavy atom. The van der Waals surface area contributed by atoms with E-state index in [1.165, 1.54) is 9.80 Å². The number of nitrogens with zero attached hydrogens (tertiary/aromatic N) is 2. The highest BCUT2D eigenvalue weighted by Crippen LogP contribution is 2.25. The van der Waals surface area contributed by atoms with Gasteiger partial charge >= 0.3 is 6.03 Å². The fraction of sp³-hybridized carbons (Fsp3) is 0.769. The smallest absolute Gasteiger partial charge is 0.326 e. The second kappa shape index (κ2) is 5.78. The van der Waals surface area contributed by atoms with Crippen molar-refractivity contribution in [2.75, 3.05) is 39.9 Å². The summed E-state index contributed by atoms with van der Waals surface area (Å²) in [6.45, 7) is 4.45. The molecule has 0 aromatic rings. The van der Waals surface area contributed by atoms with Crippen LogP contribution in [0.1, 0.15) is 19.8 Å². The van der Waals surface area contributed by atoms with Crippen LogP contribution in [0, 0.1) is 5.41 Å². The van der Waals surface area contributed by atoms with Gasteiger partial charge in [-0.3, -0.25) is 14.5 Å². The highest BCUT2D eigenvalue weighted by molar-refractivity contribution is 6.01. The Kier molecular flexibility index (Phi) is 4.27. The van der Waals surface area contributed by atoms with Gasteiger partial charge in [0.1, 0.15) is 6.54 Å². The van der Waals surface area contributed by atoms with Gasteiger partial charge in [-0.2, -0.15) is 0 Å². The normalized spacial score (nSPS) is 21.1. The minimum absolute atomic E-state index is 0.0504. The molecule has 2 aliphatic heterocycles. The zero-order chi connectivity index (χ0) is 14.8. The Labute approximate surface area is 118 Å². The molecule has 20 heavy (non-hydrogen) atoms. The number of carbonyl (C=O) groups excluding carboxylic acids is 3. The van der Waals surface area contributed by atoms with Crippen LogP contribution in [0.15, 0.2) is 0 Å². The van der Waals surface area contributed by atoms with E-state index in [0.717, 1.165) is 0 Å². The van der Waals surface area contributed by atoms with Gasteiger partial charge in [0.05, 0.1) is 13.2 Å². The maximum absolute atomic E-state index is 11.7. The fourth-order valence-corrected chi connectivity index (χ4v) is 2.24. The number of nitrogens with one attached hydrogen (secondary N) is 1. The summed E-state index contributed by atoms with van der Waals surface area (Å²) in [6, 6.07) is -0.283. The number of imide groups is 1. The highest BCUT2D eigenvalue weighted by Gasteiger charge is 2.34. The van der Waals surface area contributed by atoms with Gasteiger partial charge in [0.25, 0.3) is 0 Å². The van der Waals surface area contributed by atoms with Crippen molar-refractivity contribution >= 4 is 17.8 Å². The molecule has 1 N–H and O–H groups in total. The van der Waals surface area contributed by atoms with Crippen molar-refractivity contribution in [3.63, 3.8) is 0 Å². The van der Waals surface area contributed by atoms with E-state index >= 15 is 0 Å². The molecule has 2 aliphatic rings. The van der Waals surface area contributed by atoms with Gasteiger partial charge in [-0.15, -0.1) is 0 Å². The molecule has 0 bridgehead atoms. The van der Waals surface area contributed by atoms with Gasteiger partial charge < -0.3 is 15.0 Å². The van der Waals surface area contributed by atoms with Gasteiger partial charge in [0.2, 0.25) is 11.8 Å². The number of rotatable bonds is 6. The average molecular weight is 283 g/mol. The minimum Gasteiger partial charge on any atom is -0.380 e. The average Bonchev–Trinajstić information content (AvgIpc) is 2.60. The summed E-state index contributed by atoms with van der Waals surface area (Å²) < 4.78 is 5.11. The summed E-state index contributed by atoms with van der Waals surface area (Å²) in [6.07, 6.45) is 0.808. The van der Waals surface area contributed by atoms with Crippen molar-refractivity contribution in [1.29, 1.82) is 0 Å². The largest absolute Gasteiger partial charge is 0.380 e. The Morgan fingerprint density at radius 2 is 2.10 bits per heavy atom. The molecule has 2 fully saturated rings. The lowest BCUT2D eigenvalue weighted by Crippen LogP contribution is -2.48. The lowest BCUT2D eigenvalue weighted by atomic mass is 9.89. The Balaban J connectivity index is 1.64. The number of ether oxygens (including phenoxy) is 1. The van der Waals surface area contributed by atoms with Crippen LogP contribution < -0.4 is 5.32 Å². The molecule has 0 unspecified atom stereocenters. The quantitative estimate of drug-likeness (QED) is 0.686. The third-order valence-corrected chi connectivity index (χ3v) is 3.63. The number of urea groups is 1. The molecule has 0 saturated carbocycles. The molecular formula is C13H21N3O4. The van der Waals surface area contributed by atoms with Gasteiger partial charge in [-0.25, -0.2) is 4.79 Å². The summed E-state index contributed by atoms with van der Waals surface area (Å²) in [7, 11) is 1.59. The van der Waals surface area contributed by atoms with Crippen molar-refractivity contribution in [2.24, 2.45) is 5.41 Å². The van der Waals surface area contributed by atoms with Crippen LogP contribution in [-0.4, -0.2) is 67.5 Å². The fourth-order valence-electron chi connectivity index (χ4n) is 2.24. The van der Waals surface area contributed by atoms with E-state index in [-0.39, 0.29) is 29.8 Å². The second-order valence-corrected chi connectivity index (χ2v) is 5.87. The number of hydrogen-bond acceptors (Lipinski definition) is 4. The van der Waals surface area contributed by atoms with Gasteiger partial charge in [0.15, 0.2) is 0 Å². The molecule has 0 aromatic carbocycles. The monoisotopic (exact) mass is 283 g/mol. The van der Waals surface area contributed by atoms with Crippen molar-refractivity contribution < 1.29 is 19.1 Å². The molecule has 2 saturated heterocycles. The first-order valence-corrected chi connectivity index (χ1v) is 6.81. The zero-order valence-electron chi connectivity index (χ0n) is 12.0. The van der Waals surface area contributed by atoms with E-state index in [0.29, 0.717) is 39.1 Å². The Bertz CT molecular complexity index is 420. The van der Waals surface area contributed by atoms with Gasteiger partial charge in [0, 0.05) is 32.0 Å². The van der Waals surface area contributed by atoms with Crippen molar-refractivity contribution in [3.8, 4) is 0 Å². The van der Waals surface area contributed by atoms with Crippen LogP contribution in [0.3, 0.4) is 0 Å². The van der Waals surface area contributed by atoms with Crippen molar-refractivity contribution in [1.82, 2.24) is 15.1 Å². The maximum atomic E-state index is 11.7. The van der Waals surface area contributed by atoms with E-state index in [4.69, 9.17) is 4.74 Å². The zero-order valence-corrected chi connectivity index (χ0v) is 12.0. The van der Waals surface area contributed by atoms with Gasteiger partial charge in [-0.05, 0) is 6.42 Å². The lowest BCUT2D eigenvalue weighted by molar-refractivity contribution is -0.128. The molecule has 2 heterocycles. The lowest BCUT2D eigenvalue weighted by Gasteiger charge is -2.38. The summed E-state index contributed by atoms with van der Waals surface area (Å²) in [5, 5.41) is 2.86. The Morgan fingerprint density at radius 3 is 2.60 bits per heavy atom. The molecule has 2 rings (SSSR count). The predicted octanol–water partition coefficient (Wildman–Crippen LogP) is -0.187. The molecule has 112 valence electrons. The van der Waals surface area contributed by atoms with Gasteiger partial charge in [-0.1, -0.05) is 6.92 Å². The molecule has 0 spiro atoms. The standard InChI is InChI=1S/C13H21N3O4/c1-13(8-20-9-13)7-14-10(17)4-3-5-16-11(18)6-15(2)12(16)19/h3-9H2,1-2H3,(H,14,17). The molecule has 0 radical (unpaired) electrons. The second-order valence-electron chi connectivity index (χ2n) is 5.87. The predicted molar refractivity (Wildman–Crippen MR) is 70.9 cm³/mol. The number of hydrogen-bond donors (Lipinski definition) is 1.